The summed E-state index contributed by atoms with van der Waals surface area (Å²) in [5.41, 5.74) is 4.84. The Labute approximate surface area is 115 Å². The van der Waals surface area contributed by atoms with Gasteiger partial charge in [0.05, 0.1) is 5.69 Å². The Morgan fingerprint density at radius 1 is 1.10 bits per heavy atom. The van der Waals surface area contributed by atoms with Gasteiger partial charge in [-0.3, -0.25) is 0 Å². The van der Waals surface area contributed by atoms with Gasteiger partial charge in [0, 0.05) is 4.47 Å². The van der Waals surface area contributed by atoms with E-state index in [4.69, 9.17) is 5.73 Å². The number of halogens is 7. The van der Waals surface area contributed by atoms with Crippen LogP contribution in [0.15, 0.2) is 21.0 Å². The van der Waals surface area contributed by atoms with Crippen LogP contribution in [-0.4, -0.2) is 17.3 Å². The van der Waals surface area contributed by atoms with E-state index < -0.39 is 24.2 Å². The van der Waals surface area contributed by atoms with Crippen molar-refractivity contribution in [1.82, 2.24) is 4.98 Å². The van der Waals surface area contributed by atoms with Crippen LogP contribution in [0.2, 0.25) is 0 Å². The SMILES string of the molecule is Nc1cc(Br)cc2nc(C(C(F)(F)F)C(F)(F)F)oc12. The predicted molar refractivity (Wildman–Crippen MR) is 61.0 cm³/mol. The van der Waals surface area contributed by atoms with E-state index in [1.807, 2.05) is 0 Å². The van der Waals surface area contributed by atoms with Crippen LogP contribution in [0.3, 0.4) is 0 Å². The molecule has 0 saturated carbocycles. The molecule has 3 nitrogen and oxygen atoms in total. The van der Waals surface area contributed by atoms with Gasteiger partial charge in [0.2, 0.25) is 11.8 Å². The molecule has 2 N–H and O–H groups in total. The zero-order chi connectivity index (χ0) is 15.3. The normalized spacial score (nSPS) is 13.4. The molecule has 0 aliphatic carbocycles. The topological polar surface area (TPSA) is 52.0 Å². The first-order valence-corrected chi connectivity index (χ1v) is 5.78. The van der Waals surface area contributed by atoms with Gasteiger partial charge in [-0.2, -0.15) is 26.3 Å². The highest BCUT2D eigenvalue weighted by atomic mass is 79.9. The van der Waals surface area contributed by atoms with Gasteiger partial charge in [-0.15, -0.1) is 0 Å². The number of alkyl halides is 6. The van der Waals surface area contributed by atoms with Crippen LogP contribution >= 0.6 is 15.9 Å². The molecule has 0 fully saturated rings. The second kappa shape index (κ2) is 4.54. The lowest BCUT2D eigenvalue weighted by atomic mass is 10.1. The van der Waals surface area contributed by atoms with Gasteiger partial charge in [-0.05, 0) is 12.1 Å². The van der Waals surface area contributed by atoms with E-state index >= 15 is 0 Å². The summed E-state index contributed by atoms with van der Waals surface area (Å²) in [5.74, 6) is -5.27. The van der Waals surface area contributed by atoms with Crippen molar-refractivity contribution in [2.75, 3.05) is 5.73 Å². The first-order chi connectivity index (χ1) is 9.00. The van der Waals surface area contributed by atoms with Gasteiger partial charge in [0.1, 0.15) is 5.52 Å². The average Bonchev–Trinajstić information content (AvgIpc) is 2.55. The Kier molecular flexibility index (Phi) is 3.39. The summed E-state index contributed by atoms with van der Waals surface area (Å²) in [6.07, 6.45) is -11.1. The molecule has 0 atom stereocenters. The van der Waals surface area contributed by atoms with Crippen LogP contribution in [0.25, 0.3) is 11.1 Å². The lowest BCUT2D eigenvalue weighted by Crippen LogP contribution is -2.34. The molecule has 0 unspecified atom stereocenters. The molecule has 0 aliphatic heterocycles. The molecule has 20 heavy (non-hydrogen) atoms. The van der Waals surface area contributed by atoms with Crippen molar-refractivity contribution in [2.45, 2.75) is 18.3 Å². The fourth-order valence-electron chi connectivity index (χ4n) is 1.63. The van der Waals surface area contributed by atoms with Crippen molar-refractivity contribution < 1.29 is 30.8 Å². The molecule has 110 valence electrons. The Morgan fingerprint density at radius 2 is 1.65 bits per heavy atom. The number of oxazole rings is 1. The highest BCUT2D eigenvalue weighted by Crippen LogP contribution is 2.46. The molecule has 10 heteroatoms. The lowest BCUT2D eigenvalue weighted by Gasteiger charge is -2.19. The highest BCUT2D eigenvalue weighted by molar-refractivity contribution is 9.10. The summed E-state index contributed by atoms with van der Waals surface area (Å²) in [6, 6.07) is 2.50. The molecule has 0 spiro atoms. The number of hydrogen-bond acceptors (Lipinski definition) is 3. The summed E-state index contributed by atoms with van der Waals surface area (Å²) in [7, 11) is 0. The summed E-state index contributed by atoms with van der Waals surface area (Å²) < 4.78 is 80.2. The van der Waals surface area contributed by atoms with Crippen LogP contribution in [0.1, 0.15) is 11.8 Å². The number of benzene rings is 1. The molecule has 0 amide bonds. The highest BCUT2D eigenvalue weighted by Gasteiger charge is 2.60. The maximum absolute atomic E-state index is 12.5. The quantitative estimate of drug-likeness (QED) is 0.604. The van der Waals surface area contributed by atoms with Gasteiger partial charge >= 0.3 is 12.4 Å². The second-order valence-electron chi connectivity index (χ2n) is 3.91. The molecule has 1 heterocycles. The number of fused-ring (bicyclic) bond motifs is 1. The van der Waals surface area contributed by atoms with E-state index in [1.165, 1.54) is 12.1 Å². The van der Waals surface area contributed by atoms with E-state index in [9.17, 15) is 26.3 Å². The monoisotopic (exact) mass is 362 g/mol. The zero-order valence-corrected chi connectivity index (χ0v) is 10.9. The van der Waals surface area contributed by atoms with Gasteiger partial charge in [0.25, 0.3) is 0 Å². The van der Waals surface area contributed by atoms with E-state index in [0.717, 1.165) is 0 Å². The molecule has 2 rings (SSSR count). The molecular formula is C10H5BrF6N2O. The first-order valence-electron chi connectivity index (χ1n) is 4.99. The molecule has 1 aromatic carbocycles. The van der Waals surface area contributed by atoms with Gasteiger partial charge in [-0.1, -0.05) is 15.9 Å². The minimum atomic E-state index is -5.56. The molecule has 2 aromatic rings. The minimum absolute atomic E-state index is 0.115. The number of anilines is 1. The van der Waals surface area contributed by atoms with Crippen molar-refractivity contribution in [3.8, 4) is 0 Å². The molecule has 0 radical (unpaired) electrons. The Hall–Kier alpha value is -1.45. The summed E-state index contributed by atoms with van der Waals surface area (Å²) in [5, 5.41) is 0. The van der Waals surface area contributed by atoms with E-state index in [2.05, 4.69) is 25.3 Å². The third-order valence-corrected chi connectivity index (χ3v) is 2.86. The molecule has 0 saturated heterocycles. The fraction of sp³-hybridized carbons (Fsp3) is 0.300. The maximum Gasteiger partial charge on any atom is 0.409 e. The molecular weight excluding hydrogens is 358 g/mol. The number of nitrogen functional groups attached to an aromatic ring is 1. The number of rotatable bonds is 1. The number of nitrogens with zero attached hydrogens (tertiary/aromatic N) is 1. The smallest absolute Gasteiger partial charge is 0.409 e. The third kappa shape index (κ3) is 2.69. The van der Waals surface area contributed by atoms with E-state index in [0.29, 0.717) is 4.47 Å². The van der Waals surface area contributed by atoms with E-state index in [-0.39, 0.29) is 16.8 Å². The molecule has 1 aromatic heterocycles. The van der Waals surface area contributed by atoms with Crippen LogP contribution in [-0.2, 0) is 0 Å². The summed E-state index contributed by atoms with van der Waals surface area (Å²) in [6.45, 7) is 0. The van der Waals surface area contributed by atoms with Gasteiger partial charge < -0.3 is 10.2 Å². The predicted octanol–water partition coefficient (Wildman–Crippen LogP) is 4.38. The van der Waals surface area contributed by atoms with Crippen molar-refractivity contribution in [2.24, 2.45) is 0 Å². The lowest BCUT2D eigenvalue weighted by molar-refractivity contribution is -0.258. The maximum atomic E-state index is 12.5. The van der Waals surface area contributed by atoms with Crippen molar-refractivity contribution in [3.05, 3.63) is 22.5 Å². The van der Waals surface area contributed by atoms with Crippen LogP contribution < -0.4 is 5.73 Å². The number of hydrogen-bond donors (Lipinski definition) is 1. The molecule has 0 aliphatic rings. The minimum Gasteiger partial charge on any atom is -0.437 e. The standard InChI is InChI=1S/C10H5BrF6N2O/c11-3-1-4(18)6-5(2-3)19-8(20-6)7(9(12,13)14)10(15,16)17/h1-2,7H,18H2. The van der Waals surface area contributed by atoms with Crippen LogP contribution in [0.4, 0.5) is 32.0 Å². The number of aromatic nitrogens is 1. The summed E-state index contributed by atoms with van der Waals surface area (Å²) >= 11 is 3.00. The van der Waals surface area contributed by atoms with Crippen molar-refractivity contribution in [1.29, 1.82) is 0 Å². The van der Waals surface area contributed by atoms with Crippen molar-refractivity contribution >= 4 is 32.7 Å². The van der Waals surface area contributed by atoms with Crippen LogP contribution in [0, 0.1) is 0 Å². The van der Waals surface area contributed by atoms with Gasteiger partial charge in [0.15, 0.2) is 5.58 Å². The number of nitrogens with two attached hydrogens (primary N) is 1. The molecule has 0 bridgehead atoms. The Balaban J connectivity index is 2.64. The average molecular weight is 363 g/mol. The second-order valence-corrected chi connectivity index (χ2v) is 4.83. The summed E-state index contributed by atoms with van der Waals surface area (Å²) in [4.78, 5) is 3.25. The van der Waals surface area contributed by atoms with E-state index in [1.54, 1.807) is 0 Å². The largest absolute Gasteiger partial charge is 0.437 e. The first kappa shape index (κ1) is 14.9. The Morgan fingerprint density at radius 3 is 2.15 bits per heavy atom. The van der Waals surface area contributed by atoms with Gasteiger partial charge in [-0.25, -0.2) is 4.98 Å². The Bertz CT molecular complexity index is 633. The zero-order valence-electron chi connectivity index (χ0n) is 9.31. The fourth-order valence-corrected chi connectivity index (χ4v) is 2.09. The third-order valence-electron chi connectivity index (χ3n) is 2.40. The van der Waals surface area contributed by atoms with Crippen molar-refractivity contribution in [3.63, 3.8) is 0 Å². The van der Waals surface area contributed by atoms with Crippen LogP contribution in [0.5, 0.6) is 0 Å².